The third-order valence-corrected chi connectivity index (χ3v) is 4.21. The molecule has 0 aliphatic carbocycles. The number of halogens is 1. The minimum atomic E-state index is 0.724. The molecule has 0 saturated carbocycles. The number of aromatic nitrogens is 4. The minimum absolute atomic E-state index is 0.724. The minimum Gasteiger partial charge on any atom is -0.237 e. The molecule has 0 aliphatic rings. The Bertz CT molecular complexity index is 1020. The molecule has 3 heterocycles. The van der Waals surface area contributed by atoms with Crippen molar-refractivity contribution in [1.82, 2.24) is 19.7 Å². The summed E-state index contributed by atoms with van der Waals surface area (Å²) in [6.45, 7) is 3.99. The van der Waals surface area contributed by atoms with Gasteiger partial charge in [-0.15, -0.1) is 0 Å². The Morgan fingerprint density at radius 3 is 2.50 bits per heavy atom. The van der Waals surface area contributed by atoms with Crippen molar-refractivity contribution in [2.75, 3.05) is 0 Å². The lowest BCUT2D eigenvalue weighted by atomic mass is 10.0. The quantitative estimate of drug-likeness (QED) is 0.531. The van der Waals surface area contributed by atoms with Crippen LogP contribution in [0.25, 0.3) is 28.0 Å². The van der Waals surface area contributed by atoms with Gasteiger partial charge in [0.1, 0.15) is 0 Å². The molecule has 5 heteroatoms. The Kier molecular flexibility index (Phi) is 3.54. The average molecular weight is 335 g/mol. The third kappa shape index (κ3) is 2.45. The summed E-state index contributed by atoms with van der Waals surface area (Å²) in [6, 6.07) is 15.7. The van der Waals surface area contributed by atoms with Crippen LogP contribution in [0.5, 0.6) is 0 Å². The fourth-order valence-corrected chi connectivity index (χ4v) is 3.04. The van der Waals surface area contributed by atoms with Crippen LogP contribution in [0.15, 0.2) is 54.7 Å². The smallest absolute Gasteiger partial charge is 0.165 e. The van der Waals surface area contributed by atoms with E-state index in [9.17, 15) is 0 Å². The zero-order chi connectivity index (χ0) is 16.7. The maximum absolute atomic E-state index is 6.03. The second-order valence-electron chi connectivity index (χ2n) is 5.70. The van der Waals surface area contributed by atoms with Crippen LogP contribution in [-0.2, 0) is 0 Å². The topological polar surface area (TPSA) is 43.6 Å². The molecule has 3 aromatic heterocycles. The van der Waals surface area contributed by atoms with Gasteiger partial charge in [0.15, 0.2) is 11.5 Å². The Labute approximate surface area is 144 Å². The van der Waals surface area contributed by atoms with E-state index >= 15 is 0 Å². The molecule has 0 saturated heterocycles. The largest absolute Gasteiger partial charge is 0.237 e. The highest BCUT2D eigenvalue weighted by Crippen LogP contribution is 2.32. The molecule has 0 N–H and O–H groups in total. The standard InChI is InChI=1S/C19H15ClN4/c1-12-11-16(14-6-8-15(20)9-7-14)18-13(2)23-24(19(18)22-12)17-5-3-4-10-21-17/h3-11H,1-2H3. The number of pyridine rings is 2. The number of rotatable bonds is 2. The van der Waals surface area contributed by atoms with Gasteiger partial charge in [-0.2, -0.15) is 9.78 Å². The number of hydrogen-bond donors (Lipinski definition) is 0. The van der Waals surface area contributed by atoms with Gasteiger partial charge in [0, 0.05) is 16.9 Å². The predicted molar refractivity (Wildman–Crippen MR) is 96.6 cm³/mol. The van der Waals surface area contributed by atoms with E-state index in [1.54, 1.807) is 10.9 Å². The van der Waals surface area contributed by atoms with E-state index in [0.717, 1.165) is 44.4 Å². The maximum atomic E-state index is 6.03. The van der Waals surface area contributed by atoms with Gasteiger partial charge in [0.2, 0.25) is 0 Å². The lowest BCUT2D eigenvalue weighted by Crippen LogP contribution is -2.00. The van der Waals surface area contributed by atoms with Gasteiger partial charge in [-0.1, -0.05) is 29.8 Å². The monoisotopic (exact) mass is 334 g/mol. The Hall–Kier alpha value is -2.72. The number of aryl methyl sites for hydroxylation is 2. The van der Waals surface area contributed by atoms with Gasteiger partial charge in [0.05, 0.1) is 11.1 Å². The Balaban J connectivity index is 2.03. The van der Waals surface area contributed by atoms with Crippen LogP contribution in [0.4, 0.5) is 0 Å². The fraction of sp³-hybridized carbons (Fsp3) is 0.105. The van der Waals surface area contributed by atoms with Gasteiger partial charge in [-0.25, -0.2) is 9.97 Å². The maximum Gasteiger partial charge on any atom is 0.165 e. The normalized spacial score (nSPS) is 11.1. The van der Waals surface area contributed by atoms with E-state index in [1.807, 2.05) is 56.3 Å². The Morgan fingerprint density at radius 1 is 1.00 bits per heavy atom. The molecular weight excluding hydrogens is 320 g/mol. The Morgan fingerprint density at radius 2 is 1.79 bits per heavy atom. The van der Waals surface area contributed by atoms with Gasteiger partial charge >= 0.3 is 0 Å². The summed E-state index contributed by atoms with van der Waals surface area (Å²) in [7, 11) is 0. The van der Waals surface area contributed by atoms with Crippen molar-refractivity contribution in [3.63, 3.8) is 0 Å². The second kappa shape index (κ2) is 5.73. The molecule has 0 amide bonds. The van der Waals surface area contributed by atoms with Gasteiger partial charge in [-0.05, 0) is 55.3 Å². The van der Waals surface area contributed by atoms with Gasteiger partial charge in [-0.3, -0.25) is 0 Å². The molecule has 0 spiro atoms. The van der Waals surface area contributed by atoms with E-state index in [0.29, 0.717) is 0 Å². The van der Waals surface area contributed by atoms with Crippen LogP contribution >= 0.6 is 11.6 Å². The first kappa shape index (κ1) is 14.8. The molecular formula is C19H15ClN4. The molecule has 4 rings (SSSR count). The van der Waals surface area contributed by atoms with Gasteiger partial charge < -0.3 is 0 Å². The summed E-state index contributed by atoms with van der Waals surface area (Å²) in [5.41, 5.74) is 4.88. The third-order valence-electron chi connectivity index (χ3n) is 3.96. The molecule has 118 valence electrons. The summed E-state index contributed by atoms with van der Waals surface area (Å²) in [6.07, 6.45) is 1.76. The van der Waals surface area contributed by atoms with Crippen molar-refractivity contribution in [1.29, 1.82) is 0 Å². The van der Waals surface area contributed by atoms with Crippen LogP contribution in [0, 0.1) is 13.8 Å². The highest BCUT2D eigenvalue weighted by Gasteiger charge is 2.16. The predicted octanol–water partition coefficient (Wildman–Crippen LogP) is 4.75. The highest BCUT2D eigenvalue weighted by molar-refractivity contribution is 6.30. The summed E-state index contributed by atoms with van der Waals surface area (Å²) < 4.78 is 1.80. The van der Waals surface area contributed by atoms with E-state index in [4.69, 9.17) is 16.6 Å². The number of nitrogens with zero attached hydrogens (tertiary/aromatic N) is 4. The van der Waals surface area contributed by atoms with Crippen LogP contribution in [0.1, 0.15) is 11.4 Å². The molecule has 4 aromatic rings. The molecule has 1 aromatic carbocycles. The van der Waals surface area contributed by atoms with Crippen molar-refractivity contribution >= 4 is 22.6 Å². The molecule has 0 radical (unpaired) electrons. The SMILES string of the molecule is Cc1cc(-c2ccc(Cl)cc2)c2c(C)nn(-c3ccccn3)c2n1. The molecule has 0 fully saturated rings. The lowest BCUT2D eigenvalue weighted by molar-refractivity contribution is 0.845. The van der Waals surface area contributed by atoms with E-state index in [-0.39, 0.29) is 0 Å². The van der Waals surface area contributed by atoms with Gasteiger partial charge in [0.25, 0.3) is 0 Å². The summed E-state index contributed by atoms with van der Waals surface area (Å²) in [5, 5.41) is 6.43. The molecule has 0 unspecified atom stereocenters. The molecule has 0 atom stereocenters. The zero-order valence-corrected chi connectivity index (χ0v) is 14.1. The van der Waals surface area contributed by atoms with Crippen LogP contribution < -0.4 is 0 Å². The second-order valence-corrected chi connectivity index (χ2v) is 6.14. The number of hydrogen-bond acceptors (Lipinski definition) is 3. The number of benzene rings is 1. The van der Waals surface area contributed by atoms with E-state index < -0.39 is 0 Å². The highest BCUT2D eigenvalue weighted by atomic mass is 35.5. The lowest BCUT2D eigenvalue weighted by Gasteiger charge is -2.07. The van der Waals surface area contributed by atoms with Crippen molar-refractivity contribution < 1.29 is 0 Å². The van der Waals surface area contributed by atoms with Crippen molar-refractivity contribution in [2.45, 2.75) is 13.8 Å². The summed E-state index contributed by atoms with van der Waals surface area (Å²) in [4.78, 5) is 9.11. The molecule has 0 aliphatic heterocycles. The number of fused-ring (bicyclic) bond motifs is 1. The van der Waals surface area contributed by atoms with Crippen molar-refractivity contribution in [2.24, 2.45) is 0 Å². The summed E-state index contributed by atoms with van der Waals surface area (Å²) >= 11 is 6.03. The first-order valence-electron chi connectivity index (χ1n) is 7.68. The average Bonchev–Trinajstić information content (AvgIpc) is 2.92. The van der Waals surface area contributed by atoms with Crippen molar-refractivity contribution in [3.05, 3.63) is 71.1 Å². The van der Waals surface area contributed by atoms with Crippen LogP contribution in [0.2, 0.25) is 5.02 Å². The van der Waals surface area contributed by atoms with E-state index in [2.05, 4.69) is 16.1 Å². The molecule has 4 nitrogen and oxygen atoms in total. The fourth-order valence-electron chi connectivity index (χ4n) is 2.91. The molecule has 24 heavy (non-hydrogen) atoms. The zero-order valence-electron chi connectivity index (χ0n) is 13.4. The molecule has 0 bridgehead atoms. The van der Waals surface area contributed by atoms with E-state index in [1.165, 1.54) is 0 Å². The van der Waals surface area contributed by atoms with Crippen LogP contribution in [0.3, 0.4) is 0 Å². The first-order chi connectivity index (χ1) is 11.6. The summed E-state index contributed by atoms with van der Waals surface area (Å²) in [5.74, 6) is 0.760. The van der Waals surface area contributed by atoms with Crippen LogP contribution in [-0.4, -0.2) is 19.7 Å². The first-order valence-corrected chi connectivity index (χ1v) is 8.05. The van der Waals surface area contributed by atoms with Crippen molar-refractivity contribution in [3.8, 4) is 16.9 Å².